The van der Waals surface area contributed by atoms with Crippen LogP contribution < -0.4 is 5.32 Å². The summed E-state index contributed by atoms with van der Waals surface area (Å²) in [7, 11) is 0. The van der Waals surface area contributed by atoms with Gasteiger partial charge in [0.15, 0.2) is 0 Å². The Morgan fingerprint density at radius 3 is 2.62 bits per heavy atom. The number of hydrogen-bond donors (Lipinski definition) is 1. The van der Waals surface area contributed by atoms with E-state index in [0.29, 0.717) is 13.1 Å². The van der Waals surface area contributed by atoms with E-state index < -0.39 is 13.0 Å². The van der Waals surface area contributed by atoms with Gasteiger partial charge >= 0.3 is 6.03 Å². The Bertz CT molecular complexity index is 174. The highest BCUT2D eigenvalue weighted by Crippen LogP contribution is 2.08. The first-order valence-electron chi connectivity index (χ1n) is 4.09. The van der Waals surface area contributed by atoms with Crippen LogP contribution in [0.3, 0.4) is 0 Å². The maximum atomic E-state index is 11.7. The lowest BCUT2D eigenvalue weighted by atomic mass is 10.5. The second kappa shape index (κ2) is 5.26. The van der Waals surface area contributed by atoms with Crippen molar-refractivity contribution in [2.24, 2.45) is 0 Å². The standard InChI is InChI=1S/C7H12F2N2OS/c8-6(9)5-10-7(12)11-1-3-13-4-2-11/h6H,1-5H2,(H,10,12). The molecule has 1 rings (SSSR count). The number of nitrogens with one attached hydrogen (secondary N) is 1. The average molecular weight is 210 g/mol. The van der Waals surface area contributed by atoms with Gasteiger partial charge in [-0.2, -0.15) is 11.8 Å². The van der Waals surface area contributed by atoms with Crippen molar-refractivity contribution in [3.8, 4) is 0 Å². The normalized spacial score (nSPS) is 17.6. The van der Waals surface area contributed by atoms with Crippen LogP contribution in [0.2, 0.25) is 0 Å². The molecule has 0 aromatic heterocycles. The van der Waals surface area contributed by atoms with Crippen molar-refractivity contribution >= 4 is 17.8 Å². The summed E-state index contributed by atoms with van der Waals surface area (Å²) >= 11 is 1.77. The number of urea groups is 1. The average Bonchev–Trinajstić information content (AvgIpc) is 2.15. The van der Waals surface area contributed by atoms with Crippen LogP contribution in [0.25, 0.3) is 0 Å². The number of alkyl halides is 2. The van der Waals surface area contributed by atoms with Gasteiger partial charge in [-0.1, -0.05) is 0 Å². The minimum absolute atomic E-state index is 0.374. The van der Waals surface area contributed by atoms with Crippen molar-refractivity contribution in [2.45, 2.75) is 6.43 Å². The summed E-state index contributed by atoms with van der Waals surface area (Å²) in [5.74, 6) is 1.78. The molecule has 6 heteroatoms. The van der Waals surface area contributed by atoms with Crippen LogP contribution in [0, 0.1) is 0 Å². The molecule has 0 bridgehead atoms. The minimum Gasteiger partial charge on any atom is -0.332 e. The van der Waals surface area contributed by atoms with Gasteiger partial charge in [-0.15, -0.1) is 0 Å². The van der Waals surface area contributed by atoms with E-state index in [1.807, 2.05) is 0 Å². The maximum absolute atomic E-state index is 11.7. The third-order valence-corrected chi connectivity index (χ3v) is 2.65. The van der Waals surface area contributed by atoms with Crippen LogP contribution >= 0.6 is 11.8 Å². The molecular formula is C7H12F2N2OS. The zero-order valence-electron chi connectivity index (χ0n) is 7.13. The van der Waals surface area contributed by atoms with Gasteiger partial charge in [-0.25, -0.2) is 13.6 Å². The second-order valence-corrected chi connectivity index (χ2v) is 3.90. The van der Waals surface area contributed by atoms with Gasteiger partial charge in [0, 0.05) is 24.6 Å². The predicted molar refractivity (Wildman–Crippen MR) is 48.3 cm³/mol. The number of hydrogen-bond acceptors (Lipinski definition) is 2. The van der Waals surface area contributed by atoms with E-state index in [0.717, 1.165) is 11.5 Å². The number of amides is 2. The van der Waals surface area contributed by atoms with Crippen LogP contribution in [-0.2, 0) is 0 Å². The van der Waals surface area contributed by atoms with Crippen molar-refractivity contribution in [2.75, 3.05) is 31.1 Å². The van der Waals surface area contributed by atoms with Crippen molar-refractivity contribution in [3.05, 3.63) is 0 Å². The van der Waals surface area contributed by atoms with Crippen LogP contribution in [0.1, 0.15) is 0 Å². The van der Waals surface area contributed by atoms with E-state index in [-0.39, 0.29) is 6.03 Å². The minimum atomic E-state index is -2.47. The molecule has 1 aliphatic heterocycles. The fraction of sp³-hybridized carbons (Fsp3) is 0.857. The molecule has 0 aromatic rings. The first-order valence-corrected chi connectivity index (χ1v) is 5.24. The van der Waals surface area contributed by atoms with Crippen LogP contribution in [0.4, 0.5) is 13.6 Å². The molecule has 0 saturated carbocycles. The van der Waals surface area contributed by atoms with Gasteiger partial charge in [0.05, 0.1) is 6.54 Å². The summed E-state index contributed by atoms with van der Waals surface area (Å²) in [5.41, 5.74) is 0. The Morgan fingerprint density at radius 2 is 2.08 bits per heavy atom. The van der Waals surface area contributed by atoms with Crippen molar-refractivity contribution in [1.82, 2.24) is 10.2 Å². The summed E-state index contributed by atoms with van der Waals surface area (Å²) in [5, 5.41) is 2.18. The number of thioether (sulfide) groups is 1. The maximum Gasteiger partial charge on any atom is 0.317 e. The molecule has 3 nitrogen and oxygen atoms in total. The molecule has 0 atom stereocenters. The molecule has 0 aliphatic carbocycles. The quantitative estimate of drug-likeness (QED) is 0.737. The SMILES string of the molecule is O=C(NCC(F)F)N1CCSCC1. The lowest BCUT2D eigenvalue weighted by molar-refractivity contribution is 0.140. The molecule has 76 valence electrons. The molecule has 1 fully saturated rings. The smallest absolute Gasteiger partial charge is 0.317 e. The van der Waals surface area contributed by atoms with Crippen molar-refractivity contribution in [3.63, 3.8) is 0 Å². The van der Waals surface area contributed by atoms with Gasteiger partial charge < -0.3 is 10.2 Å². The summed E-state index contributed by atoms with van der Waals surface area (Å²) in [6.45, 7) is 0.752. The zero-order chi connectivity index (χ0) is 9.68. The number of carbonyl (C=O) groups is 1. The highest BCUT2D eigenvalue weighted by molar-refractivity contribution is 7.99. The number of carbonyl (C=O) groups excluding carboxylic acids is 1. The van der Waals surface area contributed by atoms with Crippen LogP contribution in [-0.4, -0.2) is 48.5 Å². The van der Waals surface area contributed by atoms with Gasteiger partial charge in [-0.05, 0) is 0 Å². The Morgan fingerprint density at radius 1 is 1.46 bits per heavy atom. The molecule has 0 radical (unpaired) electrons. The number of nitrogens with zero attached hydrogens (tertiary/aromatic N) is 1. The van der Waals surface area contributed by atoms with Crippen molar-refractivity contribution in [1.29, 1.82) is 0 Å². The van der Waals surface area contributed by atoms with E-state index >= 15 is 0 Å². The first kappa shape index (κ1) is 10.6. The van der Waals surface area contributed by atoms with Crippen LogP contribution in [0.5, 0.6) is 0 Å². The molecule has 1 heterocycles. The van der Waals surface area contributed by atoms with Gasteiger partial charge in [-0.3, -0.25) is 0 Å². The van der Waals surface area contributed by atoms with Gasteiger partial charge in [0.1, 0.15) is 0 Å². The van der Waals surface area contributed by atoms with E-state index in [2.05, 4.69) is 5.32 Å². The highest BCUT2D eigenvalue weighted by Gasteiger charge is 2.16. The topological polar surface area (TPSA) is 32.3 Å². The van der Waals surface area contributed by atoms with Crippen molar-refractivity contribution < 1.29 is 13.6 Å². The van der Waals surface area contributed by atoms with E-state index in [9.17, 15) is 13.6 Å². The molecule has 0 spiro atoms. The molecule has 1 N–H and O–H groups in total. The summed E-state index contributed by atoms with van der Waals surface area (Å²) in [4.78, 5) is 12.7. The molecule has 2 amide bonds. The molecule has 0 unspecified atom stereocenters. The summed E-state index contributed by atoms with van der Waals surface area (Å²) < 4.78 is 23.4. The van der Waals surface area contributed by atoms with Gasteiger partial charge in [0.2, 0.25) is 0 Å². The molecule has 1 aliphatic rings. The fourth-order valence-electron chi connectivity index (χ4n) is 1.04. The third kappa shape index (κ3) is 3.80. The number of halogens is 2. The lowest BCUT2D eigenvalue weighted by Crippen LogP contribution is -2.45. The second-order valence-electron chi connectivity index (χ2n) is 2.68. The largest absolute Gasteiger partial charge is 0.332 e. The molecule has 1 saturated heterocycles. The third-order valence-electron chi connectivity index (χ3n) is 1.71. The monoisotopic (exact) mass is 210 g/mol. The Balaban J connectivity index is 2.21. The highest BCUT2D eigenvalue weighted by atomic mass is 32.2. The van der Waals surface area contributed by atoms with Crippen LogP contribution in [0.15, 0.2) is 0 Å². The van der Waals surface area contributed by atoms with Gasteiger partial charge in [0.25, 0.3) is 6.43 Å². The van der Waals surface area contributed by atoms with E-state index in [4.69, 9.17) is 0 Å². The summed E-state index contributed by atoms with van der Waals surface area (Å²) in [6.07, 6.45) is -2.47. The fourth-order valence-corrected chi connectivity index (χ4v) is 1.95. The lowest BCUT2D eigenvalue weighted by Gasteiger charge is -2.26. The number of rotatable bonds is 2. The Labute approximate surface area is 79.8 Å². The Kier molecular flexibility index (Phi) is 4.27. The van der Waals surface area contributed by atoms with E-state index in [1.54, 1.807) is 16.7 Å². The Hall–Kier alpha value is -0.520. The zero-order valence-corrected chi connectivity index (χ0v) is 7.95. The molecule has 0 aromatic carbocycles. The summed E-state index contributed by atoms with van der Waals surface area (Å²) in [6, 6.07) is -0.374. The first-order chi connectivity index (χ1) is 6.20. The predicted octanol–water partition coefficient (Wildman–Crippen LogP) is 1.01. The molecular weight excluding hydrogens is 198 g/mol. The van der Waals surface area contributed by atoms with E-state index in [1.165, 1.54) is 0 Å². The molecule has 13 heavy (non-hydrogen) atoms.